The van der Waals surface area contributed by atoms with Gasteiger partial charge in [0.2, 0.25) is 0 Å². The van der Waals surface area contributed by atoms with E-state index in [2.05, 4.69) is 25.5 Å². The highest BCUT2D eigenvalue weighted by Gasteiger charge is 2.07. The molecule has 0 unspecified atom stereocenters. The van der Waals surface area contributed by atoms with Gasteiger partial charge in [-0.15, -0.1) is 0 Å². The number of rotatable bonds is 3. The van der Waals surface area contributed by atoms with Crippen molar-refractivity contribution in [1.29, 1.82) is 5.41 Å². The van der Waals surface area contributed by atoms with Crippen molar-refractivity contribution < 1.29 is 0 Å². The minimum absolute atomic E-state index is 0.767. The van der Waals surface area contributed by atoms with Crippen LogP contribution in [-0.4, -0.2) is 26.4 Å². The first-order valence-electron chi connectivity index (χ1n) is 5.80. The maximum absolute atomic E-state index is 7.49. The number of hydrogen-bond acceptors (Lipinski definition) is 5. The van der Waals surface area contributed by atoms with Crippen molar-refractivity contribution in [3.63, 3.8) is 0 Å². The molecule has 0 aromatic carbocycles. The topological polar surface area (TPSA) is 90.3 Å². The summed E-state index contributed by atoms with van der Waals surface area (Å²) in [6.07, 6.45) is 8.23. The first-order chi connectivity index (χ1) is 9.29. The van der Waals surface area contributed by atoms with Gasteiger partial charge in [0.25, 0.3) is 0 Å². The number of anilines is 2. The van der Waals surface area contributed by atoms with Crippen LogP contribution < -0.4 is 5.32 Å². The summed E-state index contributed by atoms with van der Waals surface area (Å²) in [4.78, 5) is 8.33. The van der Waals surface area contributed by atoms with Gasteiger partial charge in [0.1, 0.15) is 0 Å². The highest BCUT2D eigenvalue weighted by atomic mass is 15.1. The molecule has 3 heterocycles. The van der Waals surface area contributed by atoms with E-state index in [1.807, 2.05) is 13.0 Å². The number of nitrogens with zero attached hydrogens (tertiary/aromatic N) is 3. The van der Waals surface area contributed by atoms with Gasteiger partial charge in [-0.2, -0.15) is 5.10 Å². The number of hydrogen-bond donors (Lipinski definition) is 3. The maximum atomic E-state index is 7.49. The summed E-state index contributed by atoms with van der Waals surface area (Å²) < 4.78 is 0. The standard InChI is InChI=1S/C13H12N6/c1-8-9(4-14)11(2-3-16-8)18-12-6-15-7-13-10(12)5-17-19-13/h2-7,14H,1H3,(H,16,18)(H,17,19). The first-order valence-corrected chi connectivity index (χ1v) is 5.80. The first kappa shape index (κ1) is 11.3. The van der Waals surface area contributed by atoms with Gasteiger partial charge in [-0.25, -0.2) is 0 Å². The van der Waals surface area contributed by atoms with E-state index in [0.29, 0.717) is 0 Å². The fraction of sp³-hybridized carbons (Fsp3) is 0.0769. The maximum Gasteiger partial charge on any atom is 0.0854 e. The van der Waals surface area contributed by atoms with Gasteiger partial charge < -0.3 is 10.7 Å². The van der Waals surface area contributed by atoms with Crippen LogP contribution in [0.1, 0.15) is 11.3 Å². The molecule has 0 fully saturated rings. The normalized spacial score (nSPS) is 10.6. The van der Waals surface area contributed by atoms with Crippen molar-refractivity contribution in [2.24, 2.45) is 0 Å². The second-order valence-electron chi connectivity index (χ2n) is 4.15. The Labute approximate surface area is 109 Å². The zero-order valence-electron chi connectivity index (χ0n) is 10.3. The molecule has 3 rings (SSSR count). The fourth-order valence-electron chi connectivity index (χ4n) is 1.98. The summed E-state index contributed by atoms with van der Waals surface area (Å²) in [5, 5.41) is 18.6. The zero-order valence-corrected chi connectivity index (χ0v) is 10.3. The monoisotopic (exact) mass is 252 g/mol. The number of H-pyrrole nitrogens is 1. The molecule has 3 aromatic heterocycles. The van der Waals surface area contributed by atoms with Gasteiger partial charge in [-0.3, -0.25) is 15.1 Å². The SMILES string of the molecule is Cc1nccc(Nc2cncc3[nH]ncc23)c1C=N. The van der Waals surface area contributed by atoms with Gasteiger partial charge >= 0.3 is 0 Å². The quantitative estimate of drug-likeness (QED) is 0.624. The molecule has 3 N–H and O–H groups in total. The highest BCUT2D eigenvalue weighted by Crippen LogP contribution is 2.25. The molecule has 0 atom stereocenters. The average Bonchev–Trinajstić information content (AvgIpc) is 2.88. The molecular weight excluding hydrogens is 240 g/mol. The van der Waals surface area contributed by atoms with Crippen LogP contribution in [0.4, 0.5) is 11.4 Å². The van der Waals surface area contributed by atoms with E-state index in [4.69, 9.17) is 5.41 Å². The molecule has 94 valence electrons. The second kappa shape index (κ2) is 4.49. The number of nitrogens with one attached hydrogen (secondary N) is 3. The van der Waals surface area contributed by atoms with Crippen LogP contribution in [0.5, 0.6) is 0 Å². The number of aromatic amines is 1. The molecule has 0 radical (unpaired) electrons. The summed E-state index contributed by atoms with van der Waals surface area (Å²) in [6.45, 7) is 1.88. The summed E-state index contributed by atoms with van der Waals surface area (Å²) in [5.41, 5.74) is 4.13. The fourth-order valence-corrected chi connectivity index (χ4v) is 1.98. The van der Waals surface area contributed by atoms with E-state index in [-0.39, 0.29) is 0 Å². The van der Waals surface area contributed by atoms with Gasteiger partial charge in [-0.1, -0.05) is 0 Å². The third kappa shape index (κ3) is 1.93. The Balaban J connectivity index is 2.08. The molecule has 0 amide bonds. The minimum Gasteiger partial charge on any atom is -0.353 e. The molecule has 0 bridgehead atoms. The molecule has 3 aromatic rings. The van der Waals surface area contributed by atoms with Crippen molar-refractivity contribution in [2.45, 2.75) is 6.92 Å². The van der Waals surface area contributed by atoms with E-state index in [1.165, 1.54) is 6.21 Å². The van der Waals surface area contributed by atoms with Crippen molar-refractivity contribution in [2.75, 3.05) is 5.32 Å². The molecular formula is C13H12N6. The Morgan fingerprint density at radius 2 is 2.16 bits per heavy atom. The van der Waals surface area contributed by atoms with E-state index in [9.17, 15) is 0 Å². The third-order valence-electron chi connectivity index (χ3n) is 2.97. The summed E-state index contributed by atoms with van der Waals surface area (Å²) in [7, 11) is 0. The van der Waals surface area contributed by atoms with Crippen LogP contribution in [-0.2, 0) is 0 Å². The minimum atomic E-state index is 0.767. The Morgan fingerprint density at radius 1 is 1.26 bits per heavy atom. The average molecular weight is 252 g/mol. The van der Waals surface area contributed by atoms with Crippen LogP contribution in [0, 0.1) is 12.3 Å². The molecule has 0 saturated carbocycles. The molecule has 0 aliphatic rings. The molecule has 0 aliphatic heterocycles. The summed E-state index contributed by atoms with van der Waals surface area (Å²) >= 11 is 0. The molecule has 0 spiro atoms. The largest absolute Gasteiger partial charge is 0.353 e. The van der Waals surface area contributed by atoms with Crippen molar-refractivity contribution >= 4 is 28.5 Å². The molecule has 6 heteroatoms. The lowest BCUT2D eigenvalue weighted by molar-refractivity contribution is 1.11. The van der Waals surface area contributed by atoms with Crippen LogP contribution in [0.25, 0.3) is 10.9 Å². The van der Waals surface area contributed by atoms with Crippen LogP contribution >= 0.6 is 0 Å². The van der Waals surface area contributed by atoms with E-state index in [0.717, 1.165) is 33.5 Å². The van der Waals surface area contributed by atoms with Crippen molar-refractivity contribution in [1.82, 2.24) is 20.2 Å². The Hall–Kier alpha value is -2.76. The van der Waals surface area contributed by atoms with Gasteiger partial charge in [-0.05, 0) is 13.0 Å². The Morgan fingerprint density at radius 3 is 3.00 bits per heavy atom. The lowest BCUT2D eigenvalue weighted by Crippen LogP contribution is -1.99. The predicted octanol–water partition coefficient (Wildman–Crippen LogP) is 2.40. The zero-order chi connectivity index (χ0) is 13.2. The van der Waals surface area contributed by atoms with Gasteiger partial charge in [0, 0.05) is 29.1 Å². The van der Waals surface area contributed by atoms with E-state index < -0.39 is 0 Å². The van der Waals surface area contributed by atoms with Crippen molar-refractivity contribution in [3.05, 3.63) is 42.1 Å². The van der Waals surface area contributed by atoms with Crippen LogP contribution in [0.3, 0.4) is 0 Å². The molecule has 0 aliphatic carbocycles. The molecule has 19 heavy (non-hydrogen) atoms. The predicted molar refractivity (Wildman–Crippen MR) is 74.0 cm³/mol. The Kier molecular flexibility index (Phi) is 2.68. The molecule has 6 nitrogen and oxygen atoms in total. The van der Waals surface area contributed by atoms with E-state index in [1.54, 1.807) is 24.8 Å². The highest BCUT2D eigenvalue weighted by molar-refractivity contribution is 5.95. The smallest absolute Gasteiger partial charge is 0.0854 e. The summed E-state index contributed by atoms with van der Waals surface area (Å²) in [6, 6.07) is 1.84. The van der Waals surface area contributed by atoms with Crippen LogP contribution in [0.15, 0.2) is 30.9 Å². The number of aryl methyl sites for hydroxylation is 1. The van der Waals surface area contributed by atoms with Gasteiger partial charge in [0.05, 0.1) is 35.5 Å². The third-order valence-corrected chi connectivity index (χ3v) is 2.97. The van der Waals surface area contributed by atoms with Crippen LogP contribution in [0.2, 0.25) is 0 Å². The summed E-state index contributed by atoms with van der Waals surface area (Å²) in [5.74, 6) is 0. The van der Waals surface area contributed by atoms with Gasteiger partial charge in [0.15, 0.2) is 0 Å². The Bertz CT molecular complexity index is 746. The number of aromatic nitrogens is 4. The van der Waals surface area contributed by atoms with E-state index >= 15 is 0 Å². The molecule has 0 saturated heterocycles. The second-order valence-corrected chi connectivity index (χ2v) is 4.15. The number of pyridine rings is 2. The lowest BCUT2D eigenvalue weighted by Gasteiger charge is -2.11. The number of fused-ring (bicyclic) bond motifs is 1. The lowest BCUT2D eigenvalue weighted by atomic mass is 10.1. The van der Waals surface area contributed by atoms with Crippen molar-refractivity contribution in [3.8, 4) is 0 Å².